The number of benzene rings is 1. The SMILES string of the molecule is CCSc1cc(C)c2cc(C)cc(C)c2n1. The van der Waals surface area contributed by atoms with Gasteiger partial charge in [-0.1, -0.05) is 18.6 Å². The molecule has 16 heavy (non-hydrogen) atoms. The lowest BCUT2D eigenvalue weighted by atomic mass is 10.0. The number of thioether (sulfide) groups is 1. The van der Waals surface area contributed by atoms with E-state index in [0.717, 1.165) is 16.3 Å². The first-order valence-electron chi connectivity index (χ1n) is 5.63. The molecule has 1 heterocycles. The molecule has 1 nitrogen and oxygen atoms in total. The van der Waals surface area contributed by atoms with Gasteiger partial charge in [-0.05, 0) is 49.8 Å². The largest absolute Gasteiger partial charge is 0.241 e. The normalized spacial score (nSPS) is 11.0. The van der Waals surface area contributed by atoms with Crippen LogP contribution in [-0.4, -0.2) is 10.7 Å². The average Bonchev–Trinajstić information content (AvgIpc) is 2.20. The smallest absolute Gasteiger partial charge is 0.0970 e. The fraction of sp³-hybridized carbons (Fsp3) is 0.357. The molecule has 1 aromatic heterocycles. The van der Waals surface area contributed by atoms with Gasteiger partial charge in [-0.15, -0.1) is 11.8 Å². The average molecular weight is 231 g/mol. The summed E-state index contributed by atoms with van der Waals surface area (Å²) in [7, 11) is 0. The van der Waals surface area contributed by atoms with Crippen LogP contribution < -0.4 is 0 Å². The fourth-order valence-electron chi connectivity index (χ4n) is 2.04. The third kappa shape index (κ3) is 2.07. The van der Waals surface area contributed by atoms with Gasteiger partial charge in [-0.25, -0.2) is 4.98 Å². The lowest BCUT2D eigenvalue weighted by Gasteiger charge is -2.09. The summed E-state index contributed by atoms with van der Waals surface area (Å²) in [5, 5.41) is 2.43. The van der Waals surface area contributed by atoms with Crippen molar-refractivity contribution in [3.63, 3.8) is 0 Å². The summed E-state index contributed by atoms with van der Waals surface area (Å²) in [5.74, 6) is 1.07. The van der Waals surface area contributed by atoms with Gasteiger partial charge < -0.3 is 0 Å². The Morgan fingerprint density at radius 1 is 1.06 bits per heavy atom. The molecule has 1 aromatic carbocycles. The summed E-state index contributed by atoms with van der Waals surface area (Å²) in [6.07, 6.45) is 0. The first-order chi connectivity index (χ1) is 7.61. The molecule has 0 radical (unpaired) electrons. The molecular formula is C14H17NS. The van der Waals surface area contributed by atoms with Crippen LogP contribution in [0.1, 0.15) is 23.6 Å². The van der Waals surface area contributed by atoms with Gasteiger partial charge in [0.25, 0.3) is 0 Å². The standard InChI is InChI=1S/C14H17NS/c1-5-16-13-8-10(3)12-7-9(2)6-11(4)14(12)15-13/h6-8H,5H2,1-4H3. The maximum Gasteiger partial charge on any atom is 0.0970 e. The van der Waals surface area contributed by atoms with Gasteiger partial charge >= 0.3 is 0 Å². The number of pyridine rings is 1. The molecule has 0 amide bonds. The topological polar surface area (TPSA) is 12.9 Å². The Morgan fingerprint density at radius 3 is 2.50 bits per heavy atom. The molecule has 0 fully saturated rings. The van der Waals surface area contributed by atoms with Crippen LogP contribution >= 0.6 is 11.8 Å². The zero-order chi connectivity index (χ0) is 11.7. The molecule has 0 aliphatic rings. The first kappa shape index (κ1) is 11.5. The second-order valence-electron chi connectivity index (χ2n) is 4.19. The van der Waals surface area contributed by atoms with E-state index in [1.54, 1.807) is 11.8 Å². The molecule has 2 aromatic rings. The predicted octanol–water partition coefficient (Wildman–Crippen LogP) is 4.27. The molecule has 0 unspecified atom stereocenters. The number of hydrogen-bond acceptors (Lipinski definition) is 2. The minimum absolute atomic E-state index is 1.07. The Hall–Kier alpha value is -1.02. The van der Waals surface area contributed by atoms with E-state index in [4.69, 9.17) is 4.98 Å². The maximum atomic E-state index is 4.73. The second-order valence-corrected chi connectivity index (χ2v) is 5.47. The summed E-state index contributed by atoms with van der Waals surface area (Å²) < 4.78 is 0. The summed E-state index contributed by atoms with van der Waals surface area (Å²) in [6, 6.07) is 6.62. The molecule has 0 bridgehead atoms. The van der Waals surface area contributed by atoms with E-state index in [1.165, 1.54) is 22.1 Å². The van der Waals surface area contributed by atoms with Crippen molar-refractivity contribution in [1.82, 2.24) is 4.98 Å². The highest BCUT2D eigenvalue weighted by Crippen LogP contribution is 2.26. The van der Waals surface area contributed by atoms with Crippen molar-refractivity contribution in [2.75, 3.05) is 5.75 Å². The van der Waals surface area contributed by atoms with Gasteiger partial charge in [0.2, 0.25) is 0 Å². The highest BCUT2D eigenvalue weighted by atomic mass is 32.2. The van der Waals surface area contributed by atoms with Crippen LogP contribution in [-0.2, 0) is 0 Å². The van der Waals surface area contributed by atoms with E-state index >= 15 is 0 Å². The lowest BCUT2D eigenvalue weighted by molar-refractivity contribution is 1.15. The van der Waals surface area contributed by atoms with E-state index in [-0.39, 0.29) is 0 Å². The summed E-state index contributed by atoms with van der Waals surface area (Å²) >= 11 is 1.81. The quantitative estimate of drug-likeness (QED) is 0.716. The number of fused-ring (bicyclic) bond motifs is 1. The third-order valence-electron chi connectivity index (χ3n) is 2.72. The zero-order valence-corrected chi connectivity index (χ0v) is 11.1. The minimum Gasteiger partial charge on any atom is -0.241 e. The van der Waals surface area contributed by atoms with Crippen molar-refractivity contribution < 1.29 is 0 Å². The summed E-state index contributed by atoms with van der Waals surface area (Å²) in [6.45, 7) is 8.61. The number of aromatic nitrogens is 1. The zero-order valence-electron chi connectivity index (χ0n) is 10.3. The first-order valence-corrected chi connectivity index (χ1v) is 6.61. The van der Waals surface area contributed by atoms with Gasteiger partial charge in [-0.3, -0.25) is 0 Å². The number of rotatable bonds is 2. The van der Waals surface area contributed by atoms with Gasteiger partial charge in [0, 0.05) is 5.39 Å². The molecule has 2 rings (SSSR count). The van der Waals surface area contributed by atoms with Gasteiger partial charge in [-0.2, -0.15) is 0 Å². The van der Waals surface area contributed by atoms with Crippen molar-refractivity contribution in [3.8, 4) is 0 Å². The van der Waals surface area contributed by atoms with Crippen molar-refractivity contribution in [3.05, 3.63) is 34.9 Å². The second kappa shape index (κ2) is 4.46. The Morgan fingerprint density at radius 2 is 1.81 bits per heavy atom. The summed E-state index contributed by atoms with van der Waals surface area (Å²) in [5.41, 5.74) is 5.07. The predicted molar refractivity (Wildman–Crippen MR) is 72.4 cm³/mol. The van der Waals surface area contributed by atoms with E-state index in [9.17, 15) is 0 Å². The number of hydrogen-bond donors (Lipinski definition) is 0. The molecule has 0 atom stereocenters. The highest BCUT2D eigenvalue weighted by Gasteiger charge is 2.05. The van der Waals surface area contributed by atoms with Gasteiger partial charge in [0.05, 0.1) is 10.5 Å². The van der Waals surface area contributed by atoms with Gasteiger partial charge in [0.15, 0.2) is 0 Å². The van der Waals surface area contributed by atoms with Gasteiger partial charge in [0.1, 0.15) is 0 Å². The van der Waals surface area contributed by atoms with Crippen LogP contribution in [0, 0.1) is 20.8 Å². The van der Waals surface area contributed by atoms with E-state index in [1.807, 2.05) is 0 Å². The Bertz CT molecular complexity index is 532. The van der Waals surface area contributed by atoms with Crippen LogP contribution in [0.2, 0.25) is 0 Å². The van der Waals surface area contributed by atoms with Crippen molar-refractivity contribution >= 4 is 22.7 Å². The van der Waals surface area contributed by atoms with E-state index in [2.05, 4.69) is 45.9 Å². The molecule has 0 N–H and O–H groups in total. The molecule has 0 saturated heterocycles. The maximum absolute atomic E-state index is 4.73. The Labute approximate surface area is 101 Å². The molecule has 0 spiro atoms. The van der Waals surface area contributed by atoms with Crippen LogP contribution in [0.25, 0.3) is 10.9 Å². The van der Waals surface area contributed by atoms with Crippen LogP contribution in [0.5, 0.6) is 0 Å². The highest BCUT2D eigenvalue weighted by molar-refractivity contribution is 7.99. The van der Waals surface area contributed by atoms with Crippen LogP contribution in [0.4, 0.5) is 0 Å². The molecule has 2 heteroatoms. The van der Waals surface area contributed by atoms with Crippen molar-refractivity contribution in [1.29, 1.82) is 0 Å². The lowest BCUT2D eigenvalue weighted by Crippen LogP contribution is -1.91. The molecule has 0 aliphatic carbocycles. The van der Waals surface area contributed by atoms with Crippen molar-refractivity contribution in [2.45, 2.75) is 32.7 Å². The monoisotopic (exact) mass is 231 g/mol. The fourth-order valence-corrected chi connectivity index (χ4v) is 2.75. The van der Waals surface area contributed by atoms with E-state index < -0.39 is 0 Å². The molecular weight excluding hydrogens is 214 g/mol. The molecule has 84 valence electrons. The van der Waals surface area contributed by atoms with E-state index in [0.29, 0.717) is 0 Å². The molecule has 0 aliphatic heterocycles. The number of aryl methyl sites for hydroxylation is 3. The Kier molecular flexibility index (Phi) is 3.20. The molecule has 0 saturated carbocycles. The third-order valence-corrected chi connectivity index (χ3v) is 3.52. The van der Waals surface area contributed by atoms with Crippen LogP contribution in [0.15, 0.2) is 23.2 Å². The Balaban J connectivity index is 2.71. The van der Waals surface area contributed by atoms with Crippen LogP contribution in [0.3, 0.4) is 0 Å². The minimum atomic E-state index is 1.07. The number of nitrogens with zero attached hydrogens (tertiary/aromatic N) is 1. The van der Waals surface area contributed by atoms with Crippen molar-refractivity contribution in [2.24, 2.45) is 0 Å². The summed E-state index contributed by atoms with van der Waals surface area (Å²) in [4.78, 5) is 4.73.